The first-order valence-corrected chi connectivity index (χ1v) is 8.19. The highest BCUT2D eigenvalue weighted by Gasteiger charge is 2.30. The Kier molecular flexibility index (Phi) is 4.29. The zero-order valence-electron chi connectivity index (χ0n) is 13.1. The largest absolute Gasteiger partial charge is 0.383 e. The summed E-state index contributed by atoms with van der Waals surface area (Å²) in [6.07, 6.45) is 6.08. The fourth-order valence-electron chi connectivity index (χ4n) is 2.92. The lowest BCUT2D eigenvalue weighted by Gasteiger charge is -2.34. The van der Waals surface area contributed by atoms with Crippen LogP contribution < -0.4 is 10.6 Å². The SMILES string of the molecule is CCCOC1CCCN(c2nc(C3CC3)nc(N)c2C)C1. The number of rotatable bonds is 5. The highest BCUT2D eigenvalue weighted by molar-refractivity contribution is 5.57. The minimum atomic E-state index is 0.318. The van der Waals surface area contributed by atoms with Crippen LogP contribution in [0.5, 0.6) is 0 Å². The molecule has 3 rings (SSSR count). The van der Waals surface area contributed by atoms with Gasteiger partial charge in [-0.1, -0.05) is 6.92 Å². The van der Waals surface area contributed by atoms with E-state index in [0.29, 0.717) is 17.8 Å². The van der Waals surface area contributed by atoms with E-state index in [1.165, 1.54) is 12.8 Å². The maximum absolute atomic E-state index is 6.10. The first-order valence-electron chi connectivity index (χ1n) is 8.19. The lowest BCUT2D eigenvalue weighted by atomic mass is 10.1. The van der Waals surface area contributed by atoms with Gasteiger partial charge in [0.25, 0.3) is 0 Å². The molecule has 0 aromatic carbocycles. The Balaban J connectivity index is 1.78. The van der Waals surface area contributed by atoms with E-state index in [-0.39, 0.29) is 0 Å². The molecule has 116 valence electrons. The third-order valence-corrected chi connectivity index (χ3v) is 4.35. The Labute approximate surface area is 126 Å². The van der Waals surface area contributed by atoms with Gasteiger partial charge in [-0.2, -0.15) is 0 Å². The molecule has 2 aliphatic rings. The number of piperidine rings is 1. The molecule has 1 atom stereocenters. The van der Waals surface area contributed by atoms with Crippen molar-refractivity contribution in [2.75, 3.05) is 30.3 Å². The first kappa shape index (κ1) is 14.6. The van der Waals surface area contributed by atoms with Crippen molar-refractivity contribution in [1.29, 1.82) is 0 Å². The van der Waals surface area contributed by atoms with E-state index >= 15 is 0 Å². The predicted molar refractivity (Wildman–Crippen MR) is 84.6 cm³/mol. The number of nitrogens with two attached hydrogens (primary N) is 1. The average molecular weight is 290 g/mol. The van der Waals surface area contributed by atoms with Gasteiger partial charge in [0, 0.05) is 31.2 Å². The molecule has 1 aromatic rings. The van der Waals surface area contributed by atoms with Crippen molar-refractivity contribution in [3.05, 3.63) is 11.4 Å². The lowest BCUT2D eigenvalue weighted by Crippen LogP contribution is -2.41. The summed E-state index contributed by atoms with van der Waals surface area (Å²) in [5.41, 5.74) is 7.11. The molecule has 5 nitrogen and oxygen atoms in total. The number of aromatic nitrogens is 2. The van der Waals surface area contributed by atoms with Gasteiger partial charge in [0.2, 0.25) is 0 Å². The van der Waals surface area contributed by atoms with Gasteiger partial charge in [0.1, 0.15) is 17.5 Å². The Morgan fingerprint density at radius 1 is 1.29 bits per heavy atom. The Hall–Kier alpha value is -1.36. The molecule has 1 aliphatic carbocycles. The van der Waals surface area contributed by atoms with Crippen molar-refractivity contribution in [2.45, 2.75) is 58.0 Å². The molecular weight excluding hydrogens is 264 g/mol. The molecule has 1 aliphatic heterocycles. The van der Waals surface area contributed by atoms with Gasteiger partial charge in [-0.15, -0.1) is 0 Å². The molecule has 1 saturated carbocycles. The summed E-state index contributed by atoms with van der Waals surface area (Å²) in [6, 6.07) is 0. The van der Waals surface area contributed by atoms with Crippen LogP contribution in [0.25, 0.3) is 0 Å². The third kappa shape index (κ3) is 3.28. The number of hydrogen-bond acceptors (Lipinski definition) is 5. The second-order valence-electron chi connectivity index (χ2n) is 6.27. The van der Waals surface area contributed by atoms with Crippen LogP contribution >= 0.6 is 0 Å². The maximum atomic E-state index is 6.10. The molecular formula is C16H26N4O. The highest BCUT2D eigenvalue weighted by atomic mass is 16.5. The summed E-state index contributed by atoms with van der Waals surface area (Å²) in [6.45, 7) is 6.97. The Morgan fingerprint density at radius 3 is 2.81 bits per heavy atom. The van der Waals surface area contributed by atoms with Crippen molar-refractivity contribution in [3.63, 3.8) is 0 Å². The zero-order valence-corrected chi connectivity index (χ0v) is 13.1. The molecule has 5 heteroatoms. The number of anilines is 2. The summed E-state index contributed by atoms with van der Waals surface area (Å²) < 4.78 is 5.93. The first-order chi connectivity index (χ1) is 10.2. The van der Waals surface area contributed by atoms with Crippen molar-refractivity contribution in [1.82, 2.24) is 9.97 Å². The molecule has 0 spiro atoms. The number of nitrogens with zero attached hydrogens (tertiary/aromatic N) is 3. The third-order valence-electron chi connectivity index (χ3n) is 4.35. The van der Waals surface area contributed by atoms with Crippen LogP contribution in [0.2, 0.25) is 0 Å². The monoisotopic (exact) mass is 290 g/mol. The topological polar surface area (TPSA) is 64.3 Å². The van der Waals surface area contributed by atoms with Gasteiger partial charge in [-0.25, -0.2) is 9.97 Å². The van der Waals surface area contributed by atoms with Gasteiger partial charge in [0.05, 0.1) is 6.10 Å². The van der Waals surface area contributed by atoms with Gasteiger partial charge >= 0.3 is 0 Å². The van der Waals surface area contributed by atoms with E-state index in [1.807, 2.05) is 6.92 Å². The Morgan fingerprint density at radius 2 is 2.10 bits per heavy atom. The van der Waals surface area contributed by atoms with Crippen LogP contribution in [0.15, 0.2) is 0 Å². The summed E-state index contributed by atoms with van der Waals surface area (Å²) >= 11 is 0. The lowest BCUT2D eigenvalue weighted by molar-refractivity contribution is 0.0439. The van der Waals surface area contributed by atoms with Crippen LogP contribution in [0.1, 0.15) is 56.3 Å². The van der Waals surface area contributed by atoms with Gasteiger partial charge in [0.15, 0.2) is 0 Å². The van der Waals surface area contributed by atoms with Crippen molar-refractivity contribution >= 4 is 11.6 Å². The molecule has 2 N–H and O–H groups in total. The van der Waals surface area contributed by atoms with E-state index in [4.69, 9.17) is 15.5 Å². The summed E-state index contributed by atoms with van der Waals surface area (Å²) in [5, 5.41) is 0. The van der Waals surface area contributed by atoms with Crippen molar-refractivity contribution in [3.8, 4) is 0 Å². The highest BCUT2D eigenvalue weighted by Crippen LogP contribution is 2.39. The van der Waals surface area contributed by atoms with Crippen LogP contribution in [0.3, 0.4) is 0 Å². The maximum Gasteiger partial charge on any atom is 0.137 e. The molecule has 21 heavy (non-hydrogen) atoms. The summed E-state index contributed by atoms with van der Waals surface area (Å²) in [5.74, 6) is 3.13. The van der Waals surface area contributed by atoms with Crippen LogP contribution in [0.4, 0.5) is 11.6 Å². The van der Waals surface area contributed by atoms with E-state index < -0.39 is 0 Å². The summed E-state index contributed by atoms with van der Waals surface area (Å²) in [7, 11) is 0. The molecule has 2 fully saturated rings. The molecule has 1 unspecified atom stereocenters. The van der Waals surface area contributed by atoms with Crippen molar-refractivity contribution < 1.29 is 4.74 Å². The molecule has 0 bridgehead atoms. The fraction of sp³-hybridized carbons (Fsp3) is 0.750. The standard InChI is InChI=1S/C16H26N4O/c1-3-9-21-13-5-4-8-20(10-13)16-11(2)14(17)18-15(19-16)12-6-7-12/h12-13H,3-10H2,1-2H3,(H2,17,18,19). The van der Waals surface area contributed by atoms with E-state index in [9.17, 15) is 0 Å². The quantitative estimate of drug-likeness (QED) is 0.903. The van der Waals surface area contributed by atoms with E-state index in [0.717, 1.165) is 56.2 Å². The molecule has 1 saturated heterocycles. The normalized spacial score (nSPS) is 22.6. The van der Waals surface area contributed by atoms with Crippen LogP contribution in [0, 0.1) is 6.92 Å². The smallest absolute Gasteiger partial charge is 0.137 e. The van der Waals surface area contributed by atoms with E-state index in [2.05, 4.69) is 16.8 Å². The zero-order chi connectivity index (χ0) is 14.8. The molecule has 1 aromatic heterocycles. The van der Waals surface area contributed by atoms with Crippen molar-refractivity contribution in [2.24, 2.45) is 0 Å². The average Bonchev–Trinajstić information content (AvgIpc) is 3.33. The number of ether oxygens (including phenoxy) is 1. The fourth-order valence-corrected chi connectivity index (χ4v) is 2.92. The minimum Gasteiger partial charge on any atom is -0.383 e. The molecule has 2 heterocycles. The second kappa shape index (κ2) is 6.18. The Bertz CT molecular complexity index is 501. The molecule has 0 amide bonds. The number of nitrogen functional groups attached to an aromatic ring is 1. The van der Waals surface area contributed by atoms with Crippen LogP contribution in [-0.2, 0) is 4.74 Å². The van der Waals surface area contributed by atoms with Crippen LogP contribution in [-0.4, -0.2) is 35.8 Å². The minimum absolute atomic E-state index is 0.318. The molecule has 0 radical (unpaired) electrons. The van der Waals surface area contributed by atoms with Gasteiger partial charge < -0.3 is 15.4 Å². The predicted octanol–water partition coefficient (Wildman–Crippen LogP) is 2.64. The summed E-state index contributed by atoms with van der Waals surface area (Å²) in [4.78, 5) is 11.6. The number of hydrogen-bond donors (Lipinski definition) is 1. The van der Waals surface area contributed by atoms with Gasteiger partial charge in [-0.05, 0) is 39.0 Å². The second-order valence-corrected chi connectivity index (χ2v) is 6.27. The van der Waals surface area contributed by atoms with Gasteiger partial charge in [-0.3, -0.25) is 0 Å². The van der Waals surface area contributed by atoms with E-state index in [1.54, 1.807) is 0 Å².